The molecule has 7 heteroatoms. The van der Waals surface area contributed by atoms with E-state index >= 15 is 0 Å². The van der Waals surface area contributed by atoms with Crippen molar-refractivity contribution in [3.05, 3.63) is 30.0 Å². The van der Waals surface area contributed by atoms with Crippen molar-refractivity contribution in [2.75, 3.05) is 19.0 Å². The SMILES string of the molecule is COC(=O)c1cc2cc(NC(=O)C3CCCN3)ccc2o1.Cl. The summed E-state index contributed by atoms with van der Waals surface area (Å²) in [4.78, 5) is 23.5. The Kier molecular flexibility index (Phi) is 5.05. The van der Waals surface area contributed by atoms with Gasteiger partial charge < -0.3 is 19.8 Å². The molecule has 1 saturated heterocycles. The predicted molar refractivity (Wildman–Crippen MR) is 84.5 cm³/mol. The number of anilines is 1. The third-order valence-corrected chi connectivity index (χ3v) is 3.55. The molecule has 1 aliphatic rings. The molecule has 22 heavy (non-hydrogen) atoms. The average Bonchev–Trinajstić information content (AvgIpc) is 3.15. The summed E-state index contributed by atoms with van der Waals surface area (Å²) < 4.78 is 10.00. The Morgan fingerprint density at radius 1 is 1.36 bits per heavy atom. The summed E-state index contributed by atoms with van der Waals surface area (Å²) in [7, 11) is 1.30. The number of methoxy groups -OCH3 is 1. The number of fused-ring (bicyclic) bond motifs is 1. The number of furan rings is 1. The van der Waals surface area contributed by atoms with Gasteiger partial charge in [0.05, 0.1) is 13.2 Å². The van der Waals surface area contributed by atoms with Crippen molar-refractivity contribution in [2.24, 2.45) is 0 Å². The van der Waals surface area contributed by atoms with Crippen LogP contribution in [-0.4, -0.2) is 31.6 Å². The van der Waals surface area contributed by atoms with E-state index in [1.807, 2.05) is 0 Å². The largest absolute Gasteiger partial charge is 0.463 e. The highest BCUT2D eigenvalue weighted by molar-refractivity contribution is 5.98. The first-order chi connectivity index (χ1) is 10.2. The maximum absolute atomic E-state index is 12.0. The van der Waals surface area contributed by atoms with Crippen molar-refractivity contribution in [1.82, 2.24) is 5.32 Å². The summed E-state index contributed by atoms with van der Waals surface area (Å²) in [5, 5.41) is 6.76. The van der Waals surface area contributed by atoms with Crippen LogP contribution in [0.3, 0.4) is 0 Å². The first-order valence-electron chi connectivity index (χ1n) is 6.83. The number of hydrogen-bond acceptors (Lipinski definition) is 5. The molecular formula is C15H17ClN2O4. The Morgan fingerprint density at radius 3 is 2.86 bits per heavy atom. The van der Waals surface area contributed by atoms with Crippen LogP contribution in [0.1, 0.15) is 23.4 Å². The maximum Gasteiger partial charge on any atom is 0.373 e. The molecule has 2 aromatic rings. The van der Waals surface area contributed by atoms with Crippen molar-refractivity contribution >= 4 is 40.9 Å². The number of esters is 1. The monoisotopic (exact) mass is 324 g/mol. The highest BCUT2D eigenvalue weighted by atomic mass is 35.5. The number of hydrogen-bond donors (Lipinski definition) is 2. The average molecular weight is 325 g/mol. The quantitative estimate of drug-likeness (QED) is 0.847. The van der Waals surface area contributed by atoms with Gasteiger partial charge in [-0.2, -0.15) is 0 Å². The molecule has 0 bridgehead atoms. The van der Waals surface area contributed by atoms with Crippen molar-refractivity contribution in [3.8, 4) is 0 Å². The summed E-state index contributed by atoms with van der Waals surface area (Å²) in [5.74, 6) is -0.413. The molecule has 1 aliphatic heterocycles. The van der Waals surface area contributed by atoms with E-state index in [-0.39, 0.29) is 30.1 Å². The van der Waals surface area contributed by atoms with E-state index in [0.717, 1.165) is 24.8 Å². The van der Waals surface area contributed by atoms with Gasteiger partial charge in [0.2, 0.25) is 11.7 Å². The highest BCUT2D eigenvalue weighted by Crippen LogP contribution is 2.24. The molecule has 0 radical (unpaired) electrons. The van der Waals surface area contributed by atoms with Crippen LogP contribution in [0.25, 0.3) is 11.0 Å². The maximum atomic E-state index is 12.0. The van der Waals surface area contributed by atoms with E-state index in [0.29, 0.717) is 11.3 Å². The Balaban J connectivity index is 0.00000176. The van der Waals surface area contributed by atoms with Gasteiger partial charge in [0, 0.05) is 11.1 Å². The van der Waals surface area contributed by atoms with Gasteiger partial charge in [-0.25, -0.2) is 4.79 Å². The van der Waals surface area contributed by atoms with Crippen molar-refractivity contribution in [2.45, 2.75) is 18.9 Å². The van der Waals surface area contributed by atoms with Gasteiger partial charge in [-0.3, -0.25) is 4.79 Å². The molecule has 3 rings (SSSR count). The number of amides is 1. The van der Waals surface area contributed by atoms with Gasteiger partial charge in [-0.1, -0.05) is 0 Å². The zero-order valence-electron chi connectivity index (χ0n) is 12.0. The topological polar surface area (TPSA) is 80.6 Å². The van der Waals surface area contributed by atoms with Gasteiger partial charge in [0.15, 0.2) is 0 Å². The Labute approximate surface area is 133 Å². The highest BCUT2D eigenvalue weighted by Gasteiger charge is 2.22. The van der Waals surface area contributed by atoms with Crippen LogP contribution in [0, 0.1) is 0 Å². The number of rotatable bonds is 3. The first kappa shape index (κ1) is 16.3. The molecule has 1 aromatic heterocycles. The second-order valence-corrected chi connectivity index (χ2v) is 4.99. The number of benzene rings is 1. The molecule has 1 fully saturated rings. The van der Waals surface area contributed by atoms with Crippen molar-refractivity contribution in [3.63, 3.8) is 0 Å². The molecule has 1 amide bonds. The minimum Gasteiger partial charge on any atom is -0.463 e. The minimum absolute atomic E-state index is 0. The van der Waals surface area contributed by atoms with Crippen LogP contribution in [0.15, 0.2) is 28.7 Å². The lowest BCUT2D eigenvalue weighted by molar-refractivity contribution is -0.117. The summed E-state index contributed by atoms with van der Waals surface area (Å²) in [5.41, 5.74) is 1.26. The van der Waals surface area contributed by atoms with E-state index in [1.165, 1.54) is 7.11 Å². The number of halogens is 1. The lowest BCUT2D eigenvalue weighted by Gasteiger charge is -2.10. The molecule has 6 nitrogen and oxygen atoms in total. The molecule has 1 aromatic carbocycles. The molecule has 0 aliphatic carbocycles. The number of ether oxygens (including phenoxy) is 1. The summed E-state index contributed by atoms with van der Waals surface area (Å²) >= 11 is 0. The third kappa shape index (κ3) is 3.23. The molecule has 0 spiro atoms. The first-order valence-corrected chi connectivity index (χ1v) is 6.83. The van der Waals surface area contributed by atoms with Gasteiger partial charge >= 0.3 is 5.97 Å². The smallest absolute Gasteiger partial charge is 0.373 e. The summed E-state index contributed by atoms with van der Waals surface area (Å²) in [6.45, 7) is 0.876. The normalized spacial score (nSPS) is 17.0. The fraction of sp³-hybridized carbons (Fsp3) is 0.333. The van der Waals surface area contributed by atoms with Crippen LogP contribution >= 0.6 is 12.4 Å². The van der Waals surface area contributed by atoms with Crippen LogP contribution in [0.2, 0.25) is 0 Å². The Morgan fingerprint density at radius 2 is 2.18 bits per heavy atom. The van der Waals surface area contributed by atoms with Crippen LogP contribution in [-0.2, 0) is 9.53 Å². The standard InChI is InChI=1S/C15H16N2O4.ClH/c1-20-15(19)13-8-9-7-10(4-5-12(9)21-13)17-14(18)11-3-2-6-16-11;/h4-5,7-8,11,16H,2-3,6H2,1H3,(H,17,18);1H. The van der Waals surface area contributed by atoms with Gasteiger partial charge in [-0.15, -0.1) is 12.4 Å². The Hall–Kier alpha value is -2.05. The van der Waals surface area contributed by atoms with E-state index in [2.05, 4.69) is 15.4 Å². The summed E-state index contributed by atoms with van der Waals surface area (Å²) in [6.07, 6.45) is 1.87. The van der Waals surface area contributed by atoms with Crippen LogP contribution in [0.4, 0.5) is 5.69 Å². The zero-order chi connectivity index (χ0) is 14.8. The number of carbonyl (C=O) groups is 2. The minimum atomic E-state index is -0.521. The molecule has 2 N–H and O–H groups in total. The van der Waals surface area contributed by atoms with Crippen LogP contribution in [0.5, 0.6) is 0 Å². The molecular weight excluding hydrogens is 308 g/mol. The third-order valence-electron chi connectivity index (χ3n) is 3.55. The van der Waals surface area contributed by atoms with E-state index < -0.39 is 5.97 Å². The molecule has 118 valence electrons. The van der Waals surface area contributed by atoms with E-state index in [4.69, 9.17) is 4.42 Å². The van der Waals surface area contributed by atoms with Crippen LogP contribution < -0.4 is 10.6 Å². The fourth-order valence-corrected chi connectivity index (χ4v) is 2.46. The lowest BCUT2D eigenvalue weighted by atomic mass is 10.2. The second-order valence-electron chi connectivity index (χ2n) is 4.99. The molecule has 2 heterocycles. The van der Waals surface area contributed by atoms with E-state index in [1.54, 1.807) is 24.3 Å². The molecule has 0 saturated carbocycles. The van der Waals surface area contributed by atoms with Gasteiger partial charge in [0.25, 0.3) is 0 Å². The van der Waals surface area contributed by atoms with E-state index in [9.17, 15) is 9.59 Å². The molecule has 1 unspecified atom stereocenters. The lowest BCUT2D eigenvalue weighted by Crippen LogP contribution is -2.35. The summed E-state index contributed by atoms with van der Waals surface area (Å²) in [6, 6.07) is 6.72. The number of nitrogens with one attached hydrogen (secondary N) is 2. The molecule has 1 atom stereocenters. The Bertz CT molecular complexity index is 692. The zero-order valence-corrected chi connectivity index (χ0v) is 12.9. The van der Waals surface area contributed by atoms with Crippen molar-refractivity contribution in [1.29, 1.82) is 0 Å². The van der Waals surface area contributed by atoms with Crippen molar-refractivity contribution < 1.29 is 18.7 Å². The van der Waals surface area contributed by atoms with Gasteiger partial charge in [-0.05, 0) is 43.7 Å². The fourth-order valence-electron chi connectivity index (χ4n) is 2.46. The van der Waals surface area contributed by atoms with Gasteiger partial charge in [0.1, 0.15) is 5.58 Å². The predicted octanol–water partition coefficient (Wildman–Crippen LogP) is 2.33. The number of carbonyl (C=O) groups excluding carboxylic acids is 2. The second kappa shape index (κ2) is 6.81.